The third kappa shape index (κ3) is 8.98. The Balaban J connectivity index is 0.000000287. The second-order valence-corrected chi connectivity index (χ2v) is 6.35. The minimum Gasteiger partial charge on any atom is -0.366 e. The summed E-state index contributed by atoms with van der Waals surface area (Å²) in [6.07, 6.45) is 7.43. The summed E-state index contributed by atoms with van der Waals surface area (Å²) in [6.45, 7) is 0.726. The Morgan fingerprint density at radius 1 is 1.14 bits per heavy atom. The quantitative estimate of drug-likeness (QED) is 0.302. The van der Waals surface area contributed by atoms with Gasteiger partial charge in [-0.05, 0) is 43.7 Å². The van der Waals surface area contributed by atoms with Crippen molar-refractivity contribution in [1.82, 2.24) is 0 Å². The van der Waals surface area contributed by atoms with Crippen molar-refractivity contribution in [1.29, 1.82) is 0 Å². The van der Waals surface area contributed by atoms with Gasteiger partial charge in [0, 0.05) is 17.9 Å². The summed E-state index contributed by atoms with van der Waals surface area (Å²) in [7, 11) is 0. The van der Waals surface area contributed by atoms with Crippen LogP contribution in [-0.2, 0) is 10.6 Å². The van der Waals surface area contributed by atoms with Crippen molar-refractivity contribution in [3.05, 3.63) is 34.9 Å². The normalized spacial score (nSPS) is 16.2. The molecule has 126 valence electrons. The number of halogens is 1. The molecule has 0 unspecified atom stereocenters. The second kappa shape index (κ2) is 11.3. The van der Waals surface area contributed by atoms with E-state index in [1.807, 2.05) is 18.2 Å². The van der Waals surface area contributed by atoms with E-state index < -0.39 is 5.79 Å². The van der Waals surface area contributed by atoms with Gasteiger partial charge in [0.2, 0.25) is 0 Å². The van der Waals surface area contributed by atoms with E-state index in [4.69, 9.17) is 31.1 Å². The van der Waals surface area contributed by atoms with Crippen LogP contribution in [0.25, 0.3) is 0 Å². The highest BCUT2D eigenvalue weighted by Crippen LogP contribution is 2.25. The van der Waals surface area contributed by atoms with Crippen LogP contribution in [0.2, 0.25) is 5.02 Å². The maximum absolute atomic E-state index is 8.75. The van der Waals surface area contributed by atoms with Gasteiger partial charge >= 0.3 is 0 Å². The summed E-state index contributed by atoms with van der Waals surface area (Å²) in [4.78, 5) is 0. The third-order valence-corrected chi connectivity index (χ3v) is 4.28. The van der Waals surface area contributed by atoms with Crippen LogP contribution < -0.4 is 5.14 Å². The minimum absolute atomic E-state index is 0.562. The van der Waals surface area contributed by atoms with Gasteiger partial charge in [0.25, 0.3) is 0 Å². The lowest BCUT2D eigenvalue weighted by Gasteiger charge is -2.11. The van der Waals surface area contributed by atoms with Crippen molar-refractivity contribution in [2.45, 2.75) is 57.2 Å². The predicted molar refractivity (Wildman–Crippen MR) is 92.4 cm³/mol. The smallest absolute Gasteiger partial charge is 0.162 e. The molecule has 0 spiro atoms. The summed E-state index contributed by atoms with van der Waals surface area (Å²) in [5.41, 5.74) is 1.23. The van der Waals surface area contributed by atoms with Crippen molar-refractivity contribution in [3.63, 3.8) is 0 Å². The van der Waals surface area contributed by atoms with Gasteiger partial charge in [-0.2, -0.15) is 0 Å². The molecule has 2 rings (SSSR count). The molecule has 0 aliphatic heterocycles. The van der Waals surface area contributed by atoms with Crippen LogP contribution in [0.4, 0.5) is 0 Å². The lowest BCUT2D eigenvalue weighted by atomic mass is 10.1. The molecule has 1 aromatic carbocycles. The van der Waals surface area contributed by atoms with E-state index in [2.05, 4.69) is 6.07 Å². The zero-order valence-electron chi connectivity index (χ0n) is 12.8. The molecule has 0 aromatic heterocycles. The lowest BCUT2D eigenvalue weighted by Crippen LogP contribution is -2.21. The molecule has 1 saturated carbocycles. The highest BCUT2D eigenvalue weighted by atomic mass is 35.5. The molecule has 0 bridgehead atoms. The van der Waals surface area contributed by atoms with Crippen LogP contribution in [0, 0.1) is 0 Å². The fourth-order valence-corrected chi connectivity index (χ4v) is 2.79. The van der Waals surface area contributed by atoms with Crippen LogP contribution >= 0.6 is 23.8 Å². The third-order valence-electron chi connectivity index (χ3n) is 3.60. The first-order valence-electron chi connectivity index (χ1n) is 7.72. The molecule has 0 saturated heterocycles. The van der Waals surface area contributed by atoms with Crippen LogP contribution in [0.15, 0.2) is 24.3 Å². The minimum atomic E-state index is -1.31. The van der Waals surface area contributed by atoms with Crippen LogP contribution in [0.3, 0.4) is 0 Å². The molecule has 1 fully saturated rings. The maximum Gasteiger partial charge on any atom is 0.162 e. The first-order valence-corrected chi connectivity index (χ1v) is 8.90. The zero-order chi connectivity index (χ0) is 16.3. The fourth-order valence-electron chi connectivity index (χ4n) is 2.34. The molecular formula is C16H26ClNO3S. The first-order chi connectivity index (χ1) is 10.5. The number of hydrogen-bond donors (Lipinski definition) is 3. The van der Waals surface area contributed by atoms with Crippen LogP contribution in [0.5, 0.6) is 0 Å². The van der Waals surface area contributed by atoms with E-state index in [1.54, 1.807) is 0 Å². The van der Waals surface area contributed by atoms with Crippen molar-refractivity contribution in [3.8, 4) is 0 Å². The van der Waals surface area contributed by atoms with E-state index in [1.165, 1.54) is 5.56 Å². The molecule has 0 radical (unpaired) electrons. The predicted octanol–water partition coefficient (Wildman–Crippen LogP) is 3.83. The van der Waals surface area contributed by atoms with Crippen LogP contribution in [0.1, 0.15) is 50.5 Å². The number of benzene rings is 1. The Morgan fingerprint density at radius 3 is 2.36 bits per heavy atom. The molecule has 22 heavy (non-hydrogen) atoms. The largest absolute Gasteiger partial charge is 0.366 e. The van der Waals surface area contributed by atoms with E-state index in [0.29, 0.717) is 12.8 Å². The Hall–Kier alpha value is -0.300. The average Bonchev–Trinajstić information content (AvgIpc) is 2.89. The van der Waals surface area contributed by atoms with E-state index in [9.17, 15) is 0 Å². The summed E-state index contributed by atoms with van der Waals surface area (Å²) in [5, 5.41) is 23.5. The van der Waals surface area contributed by atoms with E-state index in [-0.39, 0.29) is 0 Å². The van der Waals surface area contributed by atoms with Gasteiger partial charge in [-0.3, -0.25) is 5.14 Å². The van der Waals surface area contributed by atoms with Crippen LogP contribution in [-0.4, -0.2) is 22.6 Å². The number of unbranched alkanes of at least 4 members (excludes halogenated alkanes) is 2. The molecular weight excluding hydrogens is 322 g/mol. The molecule has 6 heteroatoms. The molecule has 0 amide bonds. The van der Waals surface area contributed by atoms with Gasteiger partial charge < -0.3 is 14.4 Å². The number of hydrogen-bond acceptors (Lipinski definition) is 5. The molecule has 0 atom stereocenters. The monoisotopic (exact) mass is 347 g/mol. The second-order valence-electron chi connectivity index (χ2n) is 5.51. The van der Waals surface area contributed by atoms with Gasteiger partial charge in [0.05, 0.1) is 18.8 Å². The SMILES string of the molecule is NSOCCCCCc1ccccc1Cl.OC1(O)CCCC1. The van der Waals surface area contributed by atoms with Gasteiger partial charge in [-0.15, -0.1) is 0 Å². The lowest BCUT2D eigenvalue weighted by molar-refractivity contribution is -0.152. The maximum atomic E-state index is 8.75. The topological polar surface area (TPSA) is 75.7 Å². The number of aryl methyl sites for hydroxylation is 1. The van der Waals surface area contributed by atoms with E-state index >= 15 is 0 Å². The zero-order valence-corrected chi connectivity index (χ0v) is 14.4. The van der Waals surface area contributed by atoms with Crippen molar-refractivity contribution in [2.24, 2.45) is 5.14 Å². The van der Waals surface area contributed by atoms with Crippen molar-refractivity contribution >= 4 is 23.8 Å². The van der Waals surface area contributed by atoms with Crippen molar-refractivity contribution in [2.75, 3.05) is 6.61 Å². The van der Waals surface area contributed by atoms with Gasteiger partial charge in [-0.25, -0.2) is 0 Å². The number of aliphatic hydroxyl groups is 2. The standard InChI is InChI=1S/C11H16ClNOS.C5H10O2/c12-11-8-4-3-7-10(11)6-2-1-5-9-14-15-13;6-5(7)3-1-2-4-5/h3-4,7-8H,1-2,5-6,9,13H2;6-7H,1-4H2. The number of rotatable bonds is 7. The van der Waals surface area contributed by atoms with Gasteiger partial charge in [0.15, 0.2) is 5.79 Å². The Morgan fingerprint density at radius 2 is 1.82 bits per heavy atom. The first kappa shape index (κ1) is 19.7. The van der Waals surface area contributed by atoms with Gasteiger partial charge in [0.1, 0.15) is 0 Å². The fraction of sp³-hybridized carbons (Fsp3) is 0.625. The summed E-state index contributed by atoms with van der Waals surface area (Å²) < 4.78 is 4.98. The van der Waals surface area contributed by atoms with Crippen molar-refractivity contribution < 1.29 is 14.4 Å². The highest BCUT2D eigenvalue weighted by molar-refractivity contribution is 7.92. The molecule has 1 aliphatic rings. The summed E-state index contributed by atoms with van der Waals surface area (Å²) in [6, 6.07) is 7.99. The Bertz CT molecular complexity index is 410. The Kier molecular flexibility index (Phi) is 10.1. The molecule has 4 N–H and O–H groups in total. The molecule has 4 nitrogen and oxygen atoms in total. The summed E-state index contributed by atoms with van der Waals surface area (Å²) >= 11 is 6.98. The van der Waals surface area contributed by atoms with E-state index in [0.717, 1.165) is 62.4 Å². The van der Waals surface area contributed by atoms with Gasteiger partial charge in [-0.1, -0.05) is 36.2 Å². The summed E-state index contributed by atoms with van der Waals surface area (Å²) in [5.74, 6) is -1.31. The average molecular weight is 348 g/mol. The molecule has 1 aliphatic carbocycles. The highest BCUT2D eigenvalue weighted by Gasteiger charge is 2.26. The molecule has 0 heterocycles. The Labute approximate surface area is 142 Å². The number of nitrogens with two attached hydrogens (primary N) is 1. The molecule has 1 aromatic rings.